The maximum Gasteiger partial charge on any atom is 0.393 e. The Morgan fingerprint density at radius 1 is 1.25 bits per heavy atom. The number of halogens is 3. The van der Waals surface area contributed by atoms with Gasteiger partial charge in [-0.3, -0.25) is 9.69 Å². The van der Waals surface area contributed by atoms with Gasteiger partial charge in [0.05, 0.1) is 12.0 Å². The zero-order valence-corrected chi connectivity index (χ0v) is 10.1. The molecule has 1 aliphatic heterocycles. The van der Waals surface area contributed by atoms with Crippen molar-refractivity contribution in [3.05, 3.63) is 0 Å². The molecule has 1 fully saturated rings. The van der Waals surface area contributed by atoms with E-state index in [4.69, 9.17) is 0 Å². The number of Topliss-reactive ketones (excluding diaryl/α,β-unsaturated/α-hetero) is 1. The molecule has 0 spiro atoms. The number of likely N-dealkylation sites (N-methyl/N-ethyl adjacent to an activating group) is 1. The number of likely N-dealkylation sites (tertiary alicyclic amines) is 1. The average molecular weight is 237 g/mol. The Kier molecular flexibility index (Phi) is 3.39. The van der Waals surface area contributed by atoms with Gasteiger partial charge in [0.1, 0.15) is 0 Å². The van der Waals surface area contributed by atoms with Gasteiger partial charge in [-0.2, -0.15) is 13.2 Å². The second-order valence-corrected chi connectivity index (χ2v) is 5.54. The molecule has 0 aromatic heterocycles. The first-order valence-corrected chi connectivity index (χ1v) is 5.34. The van der Waals surface area contributed by atoms with Gasteiger partial charge < -0.3 is 0 Å². The fourth-order valence-electron chi connectivity index (χ4n) is 2.04. The van der Waals surface area contributed by atoms with E-state index in [0.29, 0.717) is 0 Å². The number of hydrogen-bond donors (Lipinski definition) is 0. The third kappa shape index (κ3) is 2.75. The Bertz CT molecular complexity index is 280. The van der Waals surface area contributed by atoms with Crippen molar-refractivity contribution in [1.29, 1.82) is 0 Å². The van der Waals surface area contributed by atoms with Crippen molar-refractivity contribution in [3.8, 4) is 0 Å². The van der Waals surface area contributed by atoms with Crippen LogP contribution in [-0.4, -0.2) is 36.5 Å². The quantitative estimate of drug-likeness (QED) is 0.698. The van der Waals surface area contributed by atoms with Gasteiger partial charge in [-0.25, -0.2) is 0 Å². The summed E-state index contributed by atoms with van der Waals surface area (Å²) >= 11 is 0. The minimum atomic E-state index is -4.19. The molecule has 2 unspecified atom stereocenters. The lowest BCUT2D eigenvalue weighted by Crippen LogP contribution is -2.39. The summed E-state index contributed by atoms with van der Waals surface area (Å²) in [5, 5.41) is 0. The molecule has 16 heavy (non-hydrogen) atoms. The molecular weight excluding hydrogens is 219 g/mol. The van der Waals surface area contributed by atoms with Crippen molar-refractivity contribution in [2.75, 3.05) is 13.6 Å². The van der Waals surface area contributed by atoms with Crippen LogP contribution in [0.3, 0.4) is 0 Å². The molecule has 0 saturated carbocycles. The van der Waals surface area contributed by atoms with E-state index in [2.05, 4.69) is 0 Å². The zero-order chi connectivity index (χ0) is 12.7. The van der Waals surface area contributed by atoms with Crippen LogP contribution in [0.15, 0.2) is 0 Å². The molecule has 1 saturated heterocycles. The molecule has 0 bridgehead atoms. The van der Waals surface area contributed by atoms with Gasteiger partial charge >= 0.3 is 6.18 Å². The van der Waals surface area contributed by atoms with Crippen molar-refractivity contribution in [2.45, 2.75) is 39.4 Å². The highest BCUT2D eigenvalue weighted by molar-refractivity contribution is 5.89. The molecule has 1 rings (SSSR count). The average Bonchev–Trinajstić information content (AvgIpc) is 2.43. The van der Waals surface area contributed by atoms with Crippen molar-refractivity contribution < 1.29 is 18.0 Å². The number of nitrogens with zero attached hydrogens (tertiary/aromatic N) is 1. The summed E-state index contributed by atoms with van der Waals surface area (Å²) < 4.78 is 37.6. The highest BCUT2D eigenvalue weighted by Gasteiger charge is 2.49. The summed E-state index contributed by atoms with van der Waals surface area (Å²) in [6, 6.07) is -0.591. The molecule has 1 aliphatic rings. The van der Waals surface area contributed by atoms with Gasteiger partial charge in [0.25, 0.3) is 0 Å². The number of alkyl halides is 3. The van der Waals surface area contributed by atoms with Crippen LogP contribution in [0, 0.1) is 11.3 Å². The van der Waals surface area contributed by atoms with Crippen molar-refractivity contribution in [3.63, 3.8) is 0 Å². The first-order valence-electron chi connectivity index (χ1n) is 5.34. The predicted molar refractivity (Wildman–Crippen MR) is 55.0 cm³/mol. The molecule has 1 heterocycles. The van der Waals surface area contributed by atoms with E-state index in [1.165, 1.54) is 4.90 Å². The first kappa shape index (κ1) is 13.5. The molecule has 2 atom stereocenters. The number of hydrogen-bond acceptors (Lipinski definition) is 2. The van der Waals surface area contributed by atoms with Crippen LogP contribution in [0.25, 0.3) is 0 Å². The summed E-state index contributed by atoms with van der Waals surface area (Å²) in [6.45, 7) is 5.15. The predicted octanol–water partition coefficient (Wildman–Crippen LogP) is 2.48. The fourth-order valence-corrected chi connectivity index (χ4v) is 2.04. The Labute approximate surface area is 93.8 Å². The standard InChI is InChI=1S/C11H18F3NO/c1-10(2,3)9(16)8-5-7(6-15(8)4)11(12,13)14/h7-8H,5-6H2,1-4H3. The Morgan fingerprint density at radius 3 is 2.06 bits per heavy atom. The van der Waals surface area contributed by atoms with E-state index in [-0.39, 0.29) is 18.7 Å². The molecule has 2 nitrogen and oxygen atoms in total. The van der Waals surface area contributed by atoms with E-state index in [9.17, 15) is 18.0 Å². The van der Waals surface area contributed by atoms with E-state index in [0.717, 1.165) is 0 Å². The van der Waals surface area contributed by atoms with Gasteiger partial charge in [0.2, 0.25) is 0 Å². The molecule has 0 aromatic carbocycles. The molecule has 5 heteroatoms. The lowest BCUT2D eigenvalue weighted by atomic mass is 9.85. The van der Waals surface area contributed by atoms with Crippen molar-refractivity contribution in [1.82, 2.24) is 4.90 Å². The normalized spacial score (nSPS) is 28.4. The molecule has 0 radical (unpaired) electrons. The lowest BCUT2D eigenvalue weighted by Gasteiger charge is -2.25. The summed E-state index contributed by atoms with van der Waals surface area (Å²) in [4.78, 5) is 13.5. The van der Waals surface area contributed by atoms with Gasteiger partial charge in [-0.1, -0.05) is 20.8 Å². The van der Waals surface area contributed by atoms with Gasteiger partial charge in [0.15, 0.2) is 5.78 Å². The van der Waals surface area contributed by atoms with Crippen molar-refractivity contribution >= 4 is 5.78 Å². The Morgan fingerprint density at radius 2 is 1.75 bits per heavy atom. The van der Waals surface area contributed by atoms with E-state index in [1.807, 2.05) is 0 Å². The highest BCUT2D eigenvalue weighted by atomic mass is 19.4. The lowest BCUT2D eigenvalue weighted by molar-refractivity contribution is -0.170. The molecule has 94 valence electrons. The molecule has 0 N–H and O–H groups in total. The van der Waals surface area contributed by atoms with Crippen LogP contribution < -0.4 is 0 Å². The smallest absolute Gasteiger partial charge is 0.297 e. The minimum Gasteiger partial charge on any atom is -0.297 e. The van der Waals surface area contributed by atoms with Gasteiger partial charge in [-0.15, -0.1) is 0 Å². The van der Waals surface area contributed by atoms with E-state index >= 15 is 0 Å². The van der Waals surface area contributed by atoms with E-state index < -0.39 is 23.6 Å². The van der Waals surface area contributed by atoms with Gasteiger partial charge in [-0.05, 0) is 13.5 Å². The Hall–Kier alpha value is -0.580. The minimum absolute atomic E-state index is 0.0734. The second-order valence-electron chi connectivity index (χ2n) is 5.54. The number of rotatable bonds is 1. The molecule has 0 aliphatic carbocycles. The summed E-state index contributed by atoms with van der Waals surface area (Å²) in [5.41, 5.74) is -0.584. The van der Waals surface area contributed by atoms with Crippen molar-refractivity contribution in [2.24, 2.45) is 11.3 Å². The third-order valence-electron chi connectivity index (χ3n) is 3.05. The maximum atomic E-state index is 12.5. The number of carbonyl (C=O) groups excluding carboxylic acids is 1. The summed E-state index contributed by atoms with van der Waals surface area (Å²) in [6.07, 6.45) is -4.29. The molecule has 0 amide bonds. The first-order chi connectivity index (χ1) is 7.03. The molecular formula is C11H18F3NO. The fraction of sp³-hybridized carbons (Fsp3) is 0.909. The Balaban J connectivity index is 2.76. The van der Waals surface area contributed by atoms with Crippen LogP contribution in [-0.2, 0) is 4.79 Å². The second kappa shape index (κ2) is 4.02. The third-order valence-corrected chi connectivity index (χ3v) is 3.05. The SMILES string of the molecule is CN1CC(C(F)(F)F)CC1C(=O)C(C)(C)C. The number of carbonyl (C=O) groups is 1. The van der Waals surface area contributed by atoms with Crippen LogP contribution in [0.5, 0.6) is 0 Å². The van der Waals surface area contributed by atoms with E-state index in [1.54, 1.807) is 27.8 Å². The van der Waals surface area contributed by atoms with Crippen LogP contribution in [0.1, 0.15) is 27.2 Å². The van der Waals surface area contributed by atoms with Crippen LogP contribution >= 0.6 is 0 Å². The highest BCUT2D eigenvalue weighted by Crippen LogP contribution is 2.37. The summed E-state index contributed by atoms with van der Waals surface area (Å²) in [7, 11) is 1.58. The maximum absolute atomic E-state index is 12.5. The molecule has 0 aromatic rings. The van der Waals surface area contributed by atoms with Gasteiger partial charge in [0, 0.05) is 12.0 Å². The van der Waals surface area contributed by atoms with Crippen LogP contribution in [0.2, 0.25) is 0 Å². The monoisotopic (exact) mass is 237 g/mol. The number of ketones is 1. The topological polar surface area (TPSA) is 20.3 Å². The van der Waals surface area contributed by atoms with Crippen LogP contribution in [0.4, 0.5) is 13.2 Å². The largest absolute Gasteiger partial charge is 0.393 e. The summed E-state index contributed by atoms with van der Waals surface area (Å²) in [5.74, 6) is -1.48. The zero-order valence-electron chi connectivity index (χ0n) is 10.1.